The predicted octanol–water partition coefficient (Wildman–Crippen LogP) is 4.86. The fourth-order valence-electron chi connectivity index (χ4n) is 4.50. The summed E-state index contributed by atoms with van der Waals surface area (Å²) in [7, 11) is 0. The van der Waals surface area contributed by atoms with E-state index in [0.29, 0.717) is 35.9 Å². The lowest BCUT2D eigenvalue weighted by Crippen LogP contribution is -2.43. The Bertz CT molecular complexity index is 1170. The average molecular weight is 475 g/mol. The van der Waals surface area contributed by atoms with E-state index in [0.717, 1.165) is 12.0 Å². The molecule has 3 aromatic rings. The minimum absolute atomic E-state index is 0.0808. The van der Waals surface area contributed by atoms with Gasteiger partial charge in [-0.1, -0.05) is 59.7 Å². The van der Waals surface area contributed by atoms with E-state index in [-0.39, 0.29) is 18.1 Å². The van der Waals surface area contributed by atoms with Crippen molar-refractivity contribution in [2.24, 2.45) is 0 Å². The van der Waals surface area contributed by atoms with Crippen molar-refractivity contribution >= 4 is 11.6 Å². The third-order valence-corrected chi connectivity index (χ3v) is 6.02. The van der Waals surface area contributed by atoms with Crippen LogP contribution in [0, 0.1) is 13.8 Å². The predicted molar refractivity (Wildman–Crippen MR) is 138 cm³/mol. The molecular formula is C29H34N2O4. The fraction of sp³-hybridized carbons (Fsp3) is 0.345. The standard InChI is InChI=1S/C29H34N2O4/c1-19-10-20(2)12-22(11-19)15-29(3,4)30-16-26(32)24-13-23(34-17-21-8-6-5-7-9-21)14-25-28(24)35-18-27(33)31-25/h5-14,26,30,32H,15-18H2,1-4H3,(H,31,33). The summed E-state index contributed by atoms with van der Waals surface area (Å²) in [4.78, 5) is 11.9. The lowest BCUT2D eigenvalue weighted by atomic mass is 9.92. The number of hydrogen-bond acceptors (Lipinski definition) is 5. The lowest BCUT2D eigenvalue weighted by Gasteiger charge is -2.30. The number of hydrogen-bond donors (Lipinski definition) is 3. The fourth-order valence-corrected chi connectivity index (χ4v) is 4.50. The number of aliphatic hydroxyl groups excluding tert-OH is 1. The number of carbonyl (C=O) groups is 1. The van der Waals surface area contributed by atoms with Crippen molar-refractivity contribution in [2.45, 2.75) is 52.4 Å². The number of nitrogens with one attached hydrogen (secondary N) is 2. The maximum atomic E-state index is 11.9. The molecule has 0 bridgehead atoms. The van der Waals surface area contributed by atoms with Crippen LogP contribution in [0.3, 0.4) is 0 Å². The van der Waals surface area contributed by atoms with Crippen molar-refractivity contribution in [2.75, 3.05) is 18.5 Å². The zero-order chi connectivity index (χ0) is 25.0. The zero-order valence-electron chi connectivity index (χ0n) is 20.9. The molecule has 0 fully saturated rings. The molecule has 0 saturated carbocycles. The summed E-state index contributed by atoms with van der Waals surface area (Å²) in [5.74, 6) is 0.811. The molecule has 35 heavy (non-hydrogen) atoms. The SMILES string of the molecule is Cc1cc(C)cc(CC(C)(C)NCC(O)c2cc(OCc3ccccc3)cc3c2OCC(=O)N3)c1. The molecule has 1 amide bonds. The van der Waals surface area contributed by atoms with Crippen molar-refractivity contribution in [3.63, 3.8) is 0 Å². The molecular weight excluding hydrogens is 440 g/mol. The van der Waals surface area contributed by atoms with Gasteiger partial charge in [0.25, 0.3) is 5.91 Å². The number of β-amino-alcohol motifs (C(OH)–C–C–N with tert-alkyl or cyclic N) is 1. The number of amides is 1. The van der Waals surface area contributed by atoms with E-state index in [4.69, 9.17) is 9.47 Å². The van der Waals surface area contributed by atoms with Gasteiger partial charge in [0.1, 0.15) is 18.1 Å². The molecule has 1 aliphatic rings. The Hall–Kier alpha value is -3.35. The van der Waals surface area contributed by atoms with Gasteiger partial charge in [-0.05, 0) is 51.3 Å². The second-order valence-electron chi connectivity index (χ2n) is 9.95. The molecule has 1 unspecified atom stereocenters. The summed E-state index contributed by atoms with van der Waals surface area (Å²) in [6.45, 7) is 9.09. The minimum Gasteiger partial charge on any atom is -0.489 e. The van der Waals surface area contributed by atoms with Crippen molar-refractivity contribution in [1.82, 2.24) is 5.32 Å². The van der Waals surface area contributed by atoms with Crippen LogP contribution in [0.25, 0.3) is 0 Å². The smallest absolute Gasteiger partial charge is 0.262 e. The Morgan fingerprint density at radius 1 is 1.06 bits per heavy atom. The van der Waals surface area contributed by atoms with E-state index in [1.54, 1.807) is 12.1 Å². The van der Waals surface area contributed by atoms with Crippen molar-refractivity contribution in [3.8, 4) is 11.5 Å². The number of aryl methyl sites for hydroxylation is 2. The van der Waals surface area contributed by atoms with Crippen LogP contribution < -0.4 is 20.1 Å². The number of anilines is 1. The normalized spacial score (nSPS) is 14.0. The number of ether oxygens (including phenoxy) is 2. The van der Waals surface area contributed by atoms with Crippen molar-refractivity contribution < 1.29 is 19.4 Å². The summed E-state index contributed by atoms with van der Waals surface area (Å²) in [6.07, 6.45) is -0.0230. The highest BCUT2D eigenvalue weighted by Crippen LogP contribution is 2.39. The first-order valence-corrected chi connectivity index (χ1v) is 12.0. The molecule has 0 radical (unpaired) electrons. The number of carbonyl (C=O) groups excluding carboxylic acids is 1. The molecule has 0 saturated heterocycles. The molecule has 184 valence electrons. The largest absolute Gasteiger partial charge is 0.489 e. The molecule has 1 atom stereocenters. The first-order chi connectivity index (χ1) is 16.7. The summed E-state index contributed by atoms with van der Waals surface area (Å²) in [5.41, 5.74) is 5.63. The van der Waals surface area contributed by atoms with Gasteiger partial charge >= 0.3 is 0 Å². The third kappa shape index (κ3) is 6.62. The van der Waals surface area contributed by atoms with Crippen molar-refractivity contribution in [3.05, 3.63) is 88.5 Å². The quantitative estimate of drug-likeness (QED) is 0.413. The minimum atomic E-state index is -0.849. The number of benzene rings is 3. The Morgan fingerprint density at radius 2 is 1.77 bits per heavy atom. The van der Waals surface area contributed by atoms with Gasteiger partial charge in [0.15, 0.2) is 6.61 Å². The van der Waals surface area contributed by atoms with E-state index in [1.807, 2.05) is 30.3 Å². The summed E-state index contributed by atoms with van der Waals surface area (Å²) in [6, 6.07) is 20.0. The molecule has 6 heteroatoms. The van der Waals surface area contributed by atoms with Crippen molar-refractivity contribution in [1.29, 1.82) is 0 Å². The highest BCUT2D eigenvalue weighted by molar-refractivity contribution is 5.96. The molecule has 6 nitrogen and oxygen atoms in total. The van der Waals surface area contributed by atoms with Crippen LogP contribution >= 0.6 is 0 Å². The van der Waals surface area contributed by atoms with Gasteiger partial charge < -0.3 is 25.2 Å². The maximum Gasteiger partial charge on any atom is 0.262 e. The zero-order valence-corrected chi connectivity index (χ0v) is 20.9. The maximum absolute atomic E-state index is 11.9. The van der Waals surface area contributed by atoms with Crippen LogP contribution in [0.4, 0.5) is 5.69 Å². The lowest BCUT2D eigenvalue weighted by molar-refractivity contribution is -0.118. The van der Waals surface area contributed by atoms with Crippen LogP contribution in [0.5, 0.6) is 11.5 Å². The molecule has 0 spiro atoms. The summed E-state index contributed by atoms with van der Waals surface area (Å²) >= 11 is 0. The summed E-state index contributed by atoms with van der Waals surface area (Å²) < 4.78 is 11.7. The van der Waals surface area contributed by atoms with Gasteiger partial charge in [-0.25, -0.2) is 0 Å². The molecule has 0 aromatic heterocycles. The molecule has 3 N–H and O–H groups in total. The van der Waals surface area contributed by atoms with E-state index in [9.17, 15) is 9.90 Å². The number of aliphatic hydroxyl groups is 1. The van der Waals surface area contributed by atoms with Gasteiger partial charge in [0.05, 0.1) is 11.8 Å². The van der Waals surface area contributed by atoms with Crippen LogP contribution in [-0.4, -0.2) is 29.7 Å². The highest BCUT2D eigenvalue weighted by Gasteiger charge is 2.26. The Balaban J connectivity index is 1.49. The molecule has 1 heterocycles. The van der Waals surface area contributed by atoms with E-state index < -0.39 is 6.10 Å². The summed E-state index contributed by atoms with van der Waals surface area (Å²) in [5, 5.41) is 17.5. The van der Waals surface area contributed by atoms with Gasteiger partial charge in [-0.2, -0.15) is 0 Å². The van der Waals surface area contributed by atoms with Gasteiger partial charge in [0, 0.05) is 23.7 Å². The van der Waals surface area contributed by atoms with Crippen LogP contribution in [0.15, 0.2) is 60.7 Å². The molecule has 4 rings (SSSR count). The van der Waals surface area contributed by atoms with Gasteiger partial charge in [-0.15, -0.1) is 0 Å². The first-order valence-electron chi connectivity index (χ1n) is 12.0. The molecule has 0 aliphatic carbocycles. The average Bonchev–Trinajstić information content (AvgIpc) is 2.80. The topological polar surface area (TPSA) is 79.8 Å². The number of rotatable bonds is 9. The van der Waals surface area contributed by atoms with E-state index >= 15 is 0 Å². The van der Waals surface area contributed by atoms with Crippen LogP contribution in [-0.2, 0) is 17.8 Å². The Labute approximate surface area is 207 Å². The van der Waals surface area contributed by atoms with Crippen LogP contribution in [0.1, 0.15) is 47.8 Å². The Morgan fingerprint density at radius 3 is 2.49 bits per heavy atom. The number of fused-ring (bicyclic) bond motifs is 1. The van der Waals surface area contributed by atoms with E-state index in [1.165, 1.54) is 16.7 Å². The highest BCUT2D eigenvalue weighted by atomic mass is 16.5. The van der Waals surface area contributed by atoms with Gasteiger partial charge in [-0.3, -0.25) is 4.79 Å². The second kappa shape index (κ2) is 10.5. The first kappa shape index (κ1) is 24.8. The van der Waals surface area contributed by atoms with E-state index in [2.05, 4.69) is 56.5 Å². The molecule has 1 aliphatic heterocycles. The second-order valence-corrected chi connectivity index (χ2v) is 9.95. The Kier molecular flexibility index (Phi) is 7.43. The van der Waals surface area contributed by atoms with Gasteiger partial charge in [0.2, 0.25) is 0 Å². The third-order valence-electron chi connectivity index (χ3n) is 6.02. The monoisotopic (exact) mass is 474 g/mol. The molecule has 3 aromatic carbocycles. The van der Waals surface area contributed by atoms with Crippen LogP contribution in [0.2, 0.25) is 0 Å².